The Labute approximate surface area is 127 Å². The summed E-state index contributed by atoms with van der Waals surface area (Å²) in [4.78, 5) is 24.4. The summed E-state index contributed by atoms with van der Waals surface area (Å²) in [5, 5.41) is 19.1. The van der Waals surface area contributed by atoms with Gasteiger partial charge in [-0.2, -0.15) is 0 Å². The molecule has 1 aliphatic rings. The number of hydrogen-bond donors (Lipinski definition) is 2. The SMILES string of the molecule is C=CCc1cccc([C@H]2SC[C@@H](C(=O)O)N2C(C)=O)c1O. The van der Waals surface area contributed by atoms with Crippen molar-refractivity contribution < 1.29 is 19.8 Å². The van der Waals surface area contributed by atoms with E-state index in [0.717, 1.165) is 0 Å². The van der Waals surface area contributed by atoms with E-state index in [1.54, 1.807) is 24.3 Å². The minimum Gasteiger partial charge on any atom is -0.507 e. The molecule has 2 rings (SSSR count). The van der Waals surface area contributed by atoms with Gasteiger partial charge in [-0.15, -0.1) is 18.3 Å². The Bertz CT molecular complexity index is 587. The van der Waals surface area contributed by atoms with Gasteiger partial charge in [0.2, 0.25) is 5.91 Å². The molecule has 0 unspecified atom stereocenters. The van der Waals surface area contributed by atoms with E-state index >= 15 is 0 Å². The molecular weight excluding hydrogens is 290 g/mol. The third-order valence-corrected chi connectivity index (χ3v) is 4.74. The van der Waals surface area contributed by atoms with Gasteiger partial charge in [-0.3, -0.25) is 4.79 Å². The van der Waals surface area contributed by atoms with Crippen LogP contribution in [0.15, 0.2) is 30.9 Å². The van der Waals surface area contributed by atoms with Crippen molar-refractivity contribution in [2.24, 2.45) is 0 Å². The minimum atomic E-state index is -1.03. The van der Waals surface area contributed by atoms with E-state index in [0.29, 0.717) is 23.3 Å². The Balaban J connectivity index is 2.41. The van der Waals surface area contributed by atoms with Crippen molar-refractivity contribution in [1.82, 2.24) is 4.90 Å². The van der Waals surface area contributed by atoms with Crippen molar-refractivity contribution in [3.05, 3.63) is 42.0 Å². The van der Waals surface area contributed by atoms with E-state index in [-0.39, 0.29) is 11.7 Å². The maximum Gasteiger partial charge on any atom is 0.327 e. The van der Waals surface area contributed by atoms with Gasteiger partial charge in [-0.25, -0.2) is 4.79 Å². The van der Waals surface area contributed by atoms with Gasteiger partial charge in [0.25, 0.3) is 0 Å². The number of thioether (sulfide) groups is 1. The molecule has 6 heteroatoms. The fraction of sp³-hybridized carbons (Fsp3) is 0.333. The topological polar surface area (TPSA) is 77.8 Å². The van der Waals surface area contributed by atoms with Gasteiger partial charge in [0.15, 0.2) is 0 Å². The van der Waals surface area contributed by atoms with Crippen molar-refractivity contribution in [2.45, 2.75) is 24.8 Å². The van der Waals surface area contributed by atoms with Crippen LogP contribution in [-0.4, -0.2) is 38.8 Å². The first-order chi connectivity index (χ1) is 9.97. The fourth-order valence-corrected chi connectivity index (χ4v) is 3.94. The highest BCUT2D eigenvalue weighted by molar-refractivity contribution is 7.99. The molecule has 0 aromatic heterocycles. The Hall–Kier alpha value is -1.95. The van der Waals surface area contributed by atoms with E-state index in [1.165, 1.54) is 23.6 Å². The lowest BCUT2D eigenvalue weighted by Crippen LogP contribution is -2.41. The van der Waals surface area contributed by atoms with Crippen LogP contribution in [0.2, 0.25) is 0 Å². The summed E-state index contributed by atoms with van der Waals surface area (Å²) >= 11 is 1.35. The molecule has 21 heavy (non-hydrogen) atoms. The predicted molar refractivity (Wildman–Crippen MR) is 81.2 cm³/mol. The number of phenolic OH excluding ortho intramolecular Hbond substituents is 1. The average Bonchev–Trinajstić information content (AvgIpc) is 2.86. The third-order valence-electron chi connectivity index (χ3n) is 3.43. The first-order valence-corrected chi connectivity index (χ1v) is 7.57. The van der Waals surface area contributed by atoms with Crippen molar-refractivity contribution in [3.8, 4) is 5.75 Å². The molecule has 0 aliphatic carbocycles. The van der Waals surface area contributed by atoms with Crippen LogP contribution in [0.3, 0.4) is 0 Å². The number of carbonyl (C=O) groups is 2. The lowest BCUT2D eigenvalue weighted by Gasteiger charge is -2.27. The molecule has 1 saturated heterocycles. The monoisotopic (exact) mass is 307 g/mol. The zero-order valence-corrected chi connectivity index (χ0v) is 12.5. The number of phenols is 1. The fourth-order valence-electron chi connectivity index (χ4n) is 2.45. The van der Waals surface area contributed by atoms with Crippen molar-refractivity contribution in [3.63, 3.8) is 0 Å². The summed E-state index contributed by atoms with van der Waals surface area (Å²) < 4.78 is 0. The number of carbonyl (C=O) groups excluding carboxylic acids is 1. The molecule has 1 amide bonds. The zero-order chi connectivity index (χ0) is 15.6. The molecule has 0 bridgehead atoms. The first kappa shape index (κ1) is 15.4. The van der Waals surface area contributed by atoms with Crippen LogP contribution in [0.5, 0.6) is 5.75 Å². The second-order valence-electron chi connectivity index (χ2n) is 4.81. The van der Waals surface area contributed by atoms with Crippen LogP contribution in [0.25, 0.3) is 0 Å². The minimum absolute atomic E-state index is 0.104. The smallest absolute Gasteiger partial charge is 0.327 e. The van der Waals surface area contributed by atoms with Gasteiger partial charge in [0, 0.05) is 18.2 Å². The number of aliphatic carboxylic acids is 1. The number of amides is 1. The van der Waals surface area contributed by atoms with Crippen LogP contribution in [-0.2, 0) is 16.0 Å². The number of allylic oxidation sites excluding steroid dienone is 1. The molecular formula is C15H17NO4S. The molecule has 1 fully saturated rings. The maximum atomic E-state index is 11.8. The van der Waals surface area contributed by atoms with Crippen LogP contribution < -0.4 is 0 Å². The van der Waals surface area contributed by atoms with Crippen LogP contribution >= 0.6 is 11.8 Å². The van der Waals surface area contributed by atoms with E-state index in [9.17, 15) is 19.8 Å². The number of hydrogen-bond acceptors (Lipinski definition) is 4. The van der Waals surface area contributed by atoms with Gasteiger partial charge in [-0.1, -0.05) is 24.3 Å². The van der Waals surface area contributed by atoms with E-state index in [4.69, 9.17) is 0 Å². The molecule has 112 valence electrons. The second-order valence-corrected chi connectivity index (χ2v) is 5.93. The van der Waals surface area contributed by atoms with Gasteiger partial charge < -0.3 is 15.1 Å². The highest BCUT2D eigenvalue weighted by Crippen LogP contribution is 2.45. The summed E-state index contributed by atoms with van der Waals surface area (Å²) in [5.41, 5.74) is 1.28. The quantitative estimate of drug-likeness (QED) is 0.834. The highest BCUT2D eigenvalue weighted by atomic mass is 32.2. The molecule has 0 spiro atoms. The first-order valence-electron chi connectivity index (χ1n) is 6.52. The molecule has 1 heterocycles. The summed E-state index contributed by atoms with van der Waals surface area (Å²) in [5.74, 6) is -0.926. The van der Waals surface area contributed by atoms with Crippen LogP contribution in [0.4, 0.5) is 0 Å². The van der Waals surface area contributed by atoms with Crippen LogP contribution in [0, 0.1) is 0 Å². The number of carboxylic acids is 1. The molecule has 2 N–H and O–H groups in total. The molecule has 0 saturated carbocycles. The molecule has 5 nitrogen and oxygen atoms in total. The lowest BCUT2D eigenvalue weighted by molar-refractivity contribution is -0.148. The van der Waals surface area contributed by atoms with Gasteiger partial charge in [0.1, 0.15) is 17.2 Å². The number of benzene rings is 1. The number of rotatable bonds is 4. The Morgan fingerprint density at radius 3 is 2.81 bits per heavy atom. The van der Waals surface area contributed by atoms with Gasteiger partial charge in [0.05, 0.1) is 0 Å². The Morgan fingerprint density at radius 1 is 1.52 bits per heavy atom. The average molecular weight is 307 g/mol. The highest BCUT2D eigenvalue weighted by Gasteiger charge is 2.42. The summed E-state index contributed by atoms with van der Waals surface area (Å²) in [6.07, 6.45) is 2.20. The summed E-state index contributed by atoms with van der Waals surface area (Å²) in [6.45, 7) is 4.99. The Kier molecular flexibility index (Phi) is 4.57. The van der Waals surface area contributed by atoms with Crippen molar-refractivity contribution in [1.29, 1.82) is 0 Å². The molecule has 1 aromatic carbocycles. The maximum absolute atomic E-state index is 11.8. The number of nitrogens with zero attached hydrogens (tertiary/aromatic N) is 1. The largest absolute Gasteiger partial charge is 0.507 e. The summed E-state index contributed by atoms with van der Waals surface area (Å²) in [7, 11) is 0. The number of aromatic hydroxyl groups is 1. The zero-order valence-electron chi connectivity index (χ0n) is 11.7. The van der Waals surface area contributed by atoms with E-state index < -0.39 is 17.4 Å². The lowest BCUT2D eigenvalue weighted by atomic mass is 10.0. The van der Waals surface area contributed by atoms with E-state index in [1.807, 2.05) is 0 Å². The molecule has 1 aromatic rings. The van der Waals surface area contributed by atoms with Crippen molar-refractivity contribution in [2.75, 3.05) is 5.75 Å². The summed E-state index contributed by atoms with van der Waals surface area (Å²) in [6, 6.07) is 4.44. The van der Waals surface area contributed by atoms with Crippen LogP contribution in [0.1, 0.15) is 23.4 Å². The third kappa shape index (κ3) is 2.90. The molecule has 1 aliphatic heterocycles. The van der Waals surface area contributed by atoms with Crippen molar-refractivity contribution >= 4 is 23.6 Å². The standard InChI is InChI=1S/C15H17NO4S/c1-3-5-10-6-4-7-11(13(10)18)14-16(9(2)17)12(8-21-14)15(19)20/h3-4,6-7,12,14,18H,1,5,8H2,2H3,(H,19,20)/t12-,14+/m0/s1. The number of para-hydroxylation sites is 1. The molecule has 0 radical (unpaired) electrons. The predicted octanol–water partition coefficient (Wildman–Crippen LogP) is 2.17. The van der Waals surface area contributed by atoms with E-state index in [2.05, 4.69) is 6.58 Å². The molecule has 2 atom stereocenters. The van der Waals surface area contributed by atoms with Gasteiger partial charge in [-0.05, 0) is 12.0 Å². The Morgan fingerprint density at radius 2 is 2.24 bits per heavy atom. The van der Waals surface area contributed by atoms with Gasteiger partial charge >= 0.3 is 5.97 Å². The normalized spacial score (nSPS) is 21.3. The second kappa shape index (κ2) is 6.22. The number of carboxylic acid groups (broad SMARTS) is 1.